The van der Waals surface area contributed by atoms with Gasteiger partial charge in [-0.1, -0.05) is 0 Å². The van der Waals surface area contributed by atoms with Crippen LogP contribution >= 0.6 is 0 Å². The number of amides is 1. The van der Waals surface area contributed by atoms with Crippen LogP contribution in [0, 0.1) is 0 Å². The number of carbonyl (C=O) groups excluding carboxylic acids is 1. The fraction of sp³-hybridized carbons (Fsp3) is 0.545. The molecule has 0 bridgehead atoms. The number of aliphatic hydroxyl groups is 2. The smallest absolute Gasteiger partial charge is 0.330 e. The van der Waals surface area contributed by atoms with Crippen molar-refractivity contribution in [3.05, 3.63) is 32.6 Å². The summed E-state index contributed by atoms with van der Waals surface area (Å²) in [5.74, 6) is -0.707. The molecule has 1 saturated heterocycles. The van der Waals surface area contributed by atoms with E-state index in [1.165, 1.54) is 6.20 Å². The summed E-state index contributed by atoms with van der Waals surface area (Å²) in [4.78, 5) is 36.2. The third-order valence-corrected chi connectivity index (χ3v) is 3.10. The Labute approximate surface area is 112 Å². The van der Waals surface area contributed by atoms with Crippen LogP contribution in [0.3, 0.4) is 0 Å². The number of nitrogens with zero attached hydrogens (tertiary/aromatic N) is 1. The number of primary amides is 1. The monoisotopic (exact) mass is 285 g/mol. The number of rotatable bonds is 4. The zero-order valence-electron chi connectivity index (χ0n) is 10.5. The van der Waals surface area contributed by atoms with E-state index in [1.807, 2.05) is 0 Å². The van der Waals surface area contributed by atoms with Gasteiger partial charge >= 0.3 is 5.69 Å². The van der Waals surface area contributed by atoms with Gasteiger partial charge < -0.3 is 20.7 Å². The van der Waals surface area contributed by atoms with Crippen molar-refractivity contribution in [2.75, 3.05) is 6.61 Å². The van der Waals surface area contributed by atoms with E-state index in [1.54, 1.807) is 0 Å². The Balaban J connectivity index is 2.35. The number of ether oxygens (including phenoxy) is 1. The summed E-state index contributed by atoms with van der Waals surface area (Å²) in [6.07, 6.45) is -1.56. The molecule has 1 amide bonds. The Hall–Kier alpha value is -1.97. The summed E-state index contributed by atoms with van der Waals surface area (Å²) in [6, 6.07) is 0. The van der Waals surface area contributed by atoms with Crippen LogP contribution < -0.4 is 17.0 Å². The second-order valence-electron chi connectivity index (χ2n) is 4.58. The first-order chi connectivity index (χ1) is 9.42. The minimum absolute atomic E-state index is 0.0302. The topological polar surface area (TPSA) is 148 Å². The minimum atomic E-state index is -0.914. The molecule has 9 heteroatoms. The largest absolute Gasteiger partial charge is 0.394 e. The van der Waals surface area contributed by atoms with Crippen LogP contribution in [0.5, 0.6) is 0 Å². The maximum absolute atomic E-state index is 11.7. The van der Waals surface area contributed by atoms with Crippen molar-refractivity contribution in [3.8, 4) is 0 Å². The predicted molar refractivity (Wildman–Crippen MR) is 65.8 cm³/mol. The minimum Gasteiger partial charge on any atom is -0.394 e. The molecule has 1 aliphatic heterocycles. The lowest BCUT2D eigenvalue weighted by Crippen LogP contribution is -2.35. The van der Waals surface area contributed by atoms with E-state index >= 15 is 0 Å². The average Bonchev–Trinajstić information content (AvgIpc) is 2.73. The van der Waals surface area contributed by atoms with Crippen LogP contribution in [0.15, 0.2) is 15.8 Å². The lowest BCUT2D eigenvalue weighted by Gasteiger charge is -2.15. The van der Waals surface area contributed by atoms with E-state index in [-0.39, 0.29) is 25.0 Å². The second-order valence-corrected chi connectivity index (χ2v) is 4.58. The van der Waals surface area contributed by atoms with Crippen LogP contribution in [0.1, 0.15) is 18.2 Å². The van der Waals surface area contributed by atoms with E-state index in [4.69, 9.17) is 15.6 Å². The zero-order chi connectivity index (χ0) is 14.9. The molecule has 5 N–H and O–H groups in total. The highest BCUT2D eigenvalue weighted by Gasteiger charge is 2.35. The van der Waals surface area contributed by atoms with E-state index in [9.17, 15) is 19.5 Å². The molecule has 0 saturated carbocycles. The third-order valence-electron chi connectivity index (χ3n) is 3.10. The fourth-order valence-electron chi connectivity index (χ4n) is 2.10. The molecule has 2 rings (SSSR count). The molecular weight excluding hydrogens is 270 g/mol. The molecule has 3 unspecified atom stereocenters. The van der Waals surface area contributed by atoms with Crippen molar-refractivity contribution in [1.82, 2.24) is 9.55 Å². The van der Waals surface area contributed by atoms with Gasteiger partial charge in [0.2, 0.25) is 5.91 Å². The van der Waals surface area contributed by atoms with Gasteiger partial charge in [-0.2, -0.15) is 0 Å². The first kappa shape index (κ1) is 14.4. The number of aromatic amines is 1. The first-order valence-electron chi connectivity index (χ1n) is 5.99. The lowest BCUT2D eigenvalue weighted by molar-refractivity contribution is -0.117. The van der Waals surface area contributed by atoms with Crippen molar-refractivity contribution >= 4 is 5.91 Å². The normalized spacial score (nSPS) is 25.8. The molecule has 3 atom stereocenters. The summed E-state index contributed by atoms with van der Waals surface area (Å²) in [5.41, 5.74) is 3.63. The Kier molecular flexibility index (Phi) is 4.02. The number of nitrogens with two attached hydrogens (primary N) is 1. The van der Waals surface area contributed by atoms with Crippen LogP contribution in [0.2, 0.25) is 0 Å². The highest BCUT2D eigenvalue weighted by Crippen LogP contribution is 2.27. The highest BCUT2D eigenvalue weighted by atomic mass is 16.5. The molecule has 1 aromatic rings. The van der Waals surface area contributed by atoms with E-state index < -0.39 is 35.6 Å². The van der Waals surface area contributed by atoms with Crippen molar-refractivity contribution in [2.24, 2.45) is 5.73 Å². The summed E-state index contributed by atoms with van der Waals surface area (Å²) in [6.45, 7) is -0.385. The Morgan fingerprint density at radius 1 is 1.55 bits per heavy atom. The lowest BCUT2D eigenvalue weighted by atomic mass is 10.2. The molecule has 0 spiro atoms. The fourth-order valence-corrected chi connectivity index (χ4v) is 2.10. The molecule has 110 valence electrons. The van der Waals surface area contributed by atoms with Crippen molar-refractivity contribution in [1.29, 1.82) is 0 Å². The molecule has 9 nitrogen and oxygen atoms in total. The van der Waals surface area contributed by atoms with Gasteiger partial charge in [-0.15, -0.1) is 0 Å². The van der Waals surface area contributed by atoms with E-state index in [0.717, 1.165) is 4.57 Å². The van der Waals surface area contributed by atoms with Gasteiger partial charge in [0.1, 0.15) is 12.3 Å². The Bertz CT molecular complexity index is 621. The Morgan fingerprint density at radius 2 is 2.25 bits per heavy atom. The van der Waals surface area contributed by atoms with E-state index in [0.29, 0.717) is 0 Å². The van der Waals surface area contributed by atoms with Crippen LogP contribution in [-0.2, 0) is 16.0 Å². The zero-order valence-corrected chi connectivity index (χ0v) is 10.5. The number of carbonyl (C=O) groups is 1. The average molecular weight is 285 g/mol. The molecule has 0 radical (unpaired) electrons. The van der Waals surface area contributed by atoms with Crippen molar-refractivity contribution in [3.63, 3.8) is 0 Å². The van der Waals surface area contributed by atoms with Crippen LogP contribution in [0.4, 0.5) is 0 Å². The molecular formula is C11H15N3O6. The van der Waals surface area contributed by atoms with Gasteiger partial charge in [0.05, 0.1) is 19.1 Å². The number of hydrogen-bond acceptors (Lipinski definition) is 6. The van der Waals surface area contributed by atoms with E-state index in [2.05, 4.69) is 4.98 Å². The number of aliphatic hydroxyl groups excluding tert-OH is 2. The summed E-state index contributed by atoms with van der Waals surface area (Å²) in [7, 11) is 0. The summed E-state index contributed by atoms with van der Waals surface area (Å²) < 4.78 is 6.38. The maximum Gasteiger partial charge on any atom is 0.330 e. The first-order valence-corrected chi connectivity index (χ1v) is 5.99. The highest BCUT2D eigenvalue weighted by molar-refractivity contribution is 5.76. The summed E-state index contributed by atoms with van der Waals surface area (Å²) in [5, 5.41) is 18.6. The standard InChI is InChI=1S/C11H15N3O6/c12-8(17)1-5-3-14(11(19)13-10(5)18)9-2-6(16)7(4-15)20-9/h3,6-7,9,15-16H,1-2,4H2,(H2,12,17)(H,13,18,19). The van der Waals surface area contributed by atoms with Gasteiger partial charge in [-0.25, -0.2) is 4.79 Å². The van der Waals surface area contributed by atoms with Crippen molar-refractivity contribution in [2.45, 2.75) is 31.3 Å². The van der Waals surface area contributed by atoms with Gasteiger partial charge in [-0.05, 0) is 0 Å². The number of H-pyrrole nitrogens is 1. The molecule has 0 aliphatic carbocycles. The molecule has 1 aliphatic rings. The van der Waals surface area contributed by atoms with Gasteiger partial charge in [-0.3, -0.25) is 19.1 Å². The molecule has 20 heavy (non-hydrogen) atoms. The number of hydrogen-bond donors (Lipinski definition) is 4. The van der Waals surface area contributed by atoms with Crippen LogP contribution in [0.25, 0.3) is 0 Å². The molecule has 0 aromatic carbocycles. The molecule has 2 heterocycles. The van der Waals surface area contributed by atoms with Crippen molar-refractivity contribution < 1.29 is 19.7 Å². The van der Waals surface area contributed by atoms with Gasteiger partial charge in [0.15, 0.2) is 0 Å². The number of aromatic nitrogens is 2. The van der Waals surface area contributed by atoms with Gasteiger partial charge in [0.25, 0.3) is 5.56 Å². The predicted octanol–water partition coefficient (Wildman–Crippen LogP) is -2.79. The third kappa shape index (κ3) is 2.79. The second kappa shape index (κ2) is 5.57. The molecule has 1 aromatic heterocycles. The maximum atomic E-state index is 11.7. The Morgan fingerprint density at radius 3 is 2.80 bits per heavy atom. The number of nitrogens with one attached hydrogen (secondary N) is 1. The summed E-state index contributed by atoms with van der Waals surface area (Å²) >= 11 is 0. The van der Waals surface area contributed by atoms with Gasteiger partial charge in [0, 0.05) is 18.2 Å². The molecule has 1 fully saturated rings. The van der Waals surface area contributed by atoms with Crippen LogP contribution in [-0.4, -0.2) is 44.5 Å². The quantitative estimate of drug-likeness (QED) is 0.470. The SMILES string of the molecule is NC(=O)Cc1cn(C2CC(O)C(CO)O2)c(=O)[nH]c1=O.